The van der Waals surface area contributed by atoms with Crippen LogP contribution < -0.4 is 0 Å². The standard InChI is InChI=1S/C13H23NO3/c15-13(16)7-6-11-4-1-2-8-14(11)10-12-5-3-9-17-12/h11-12H,1-10H2,(H,15,16). The van der Waals surface area contributed by atoms with Crippen molar-refractivity contribution < 1.29 is 14.6 Å². The molecule has 2 heterocycles. The molecule has 0 radical (unpaired) electrons. The van der Waals surface area contributed by atoms with Crippen LogP contribution in [0, 0.1) is 0 Å². The van der Waals surface area contributed by atoms with Gasteiger partial charge in [0, 0.05) is 25.6 Å². The third kappa shape index (κ3) is 3.96. The summed E-state index contributed by atoms with van der Waals surface area (Å²) in [4.78, 5) is 13.1. The van der Waals surface area contributed by atoms with E-state index >= 15 is 0 Å². The van der Waals surface area contributed by atoms with E-state index in [0.717, 1.165) is 32.5 Å². The van der Waals surface area contributed by atoms with Gasteiger partial charge in [-0.3, -0.25) is 9.69 Å². The molecule has 2 aliphatic heterocycles. The molecule has 4 heteroatoms. The van der Waals surface area contributed by atoms with Gasteiger partial charge in [-0.2, -0.15) is 0 Å². The Morgan fingerprint density at radius 2 is 2.18 bits per heavy atom. The van der Waals surface area contributed by atoms with Crippen molar-refractivity contribution in [1.29, 1.82) is 0 Å². The molecular weight excluding hydrogens is 218 g/mol. The van der Waals surface area contributed by atoms with Crippen LogP contribution >= 0.6 is 0 Å². The van der Waals surface area contributed by atoms with E-state index in [2.05, 4.69) is 4.90 Å². The van der Waals surface area contributed by atoms with Gasteiger partial charge in [-0.15, -0.1) is 0 Å². The first-order valence-corrected chi connectivity index (χ1v) is 6.83. The third-order valence-corrected chi connectivity index (χ3v) is 3.90. The molecule has 4 nitrogen and oxygen atoms in total. The number of hydrogen-bond acceptors (Lipinski definition) is 3. The van der Waals surface area contributed by atoms with Crippen molar-refractivity contribution in [3.05, 3.63) is 0 Å². The fourth-order valence-electron chi connectivity index (χ4n) is 2.97. The molecule has 0 amide bonds. The Bertz CT molecular complexity index is 251. The maximum absolute atomic E-state index is 10.6. The maximum atomic E-state index is 10.6. The number of rotatable bonds is 5. The predicted octanol–water partition coefficient (Wildman–Crippen LogP) is 1.88. The number of likely N-dealkylation sites (tertiary alicyclic amines) is 1. The number of aliphatic carboxylic acids is 1. The molecule has 0 aromatic rings. The van der Waals surface area contributed by atoms with E-state index < -0.39 is 5.97 Å². The average molecular weight is 241 g/mol. The van der Waals surface area contributed by atoms with Crippen molar-refractivity contribution in [2.24, 2.45) is 0 Å². The Morgan fingerprint density at radius 3 is 2.88 bits per heavy atom. The van der Waals surface area contributed by atoms with Crippen LogP contribution in [0.5, 0.6) is 0 Å². The minimum absolute atomic E-state index is 0.298. The summed E-state index contributed by atoms with van der Waals surface area (Å²) in [5, 5.41) is 8.77. The summed E-state index contributed by atoms with van der Waals surface area (Å²) in [5.74, 6) is -0.673. The lowest BCUT2D eigenvalue weighted by atomic mass is 9.97. The van der Waals surface area contributed by atoms with Crippen LogP contribution in [-0.4, -0.2) is 47.8 Å². The van der Waals surface area contributed by atoms with Gasteiger partial charge < -0.3 is 9.84 Å². The zero-order valence-electron chi connectivity index (χ0n) is 10.4. The lowest BCUT2D eigenvalue weighted by Gasteiger charge is -2.36. The number of carboxylic acids is 1. The second-order valence-corrected chi connectivity index (χ2v) is 5.21. The number of piperidine rings is 1. The fourth-order valence-corrected chi connectivity index (χ4v) is 2.97. The minimum atomic E-state index is -0.673. The van der Waals surface area contributed by atoms with Crippen molar-refractivity contribution in [2.45, 2.75) is 57.1 Å². The van der Waals surface area contributed by atoms with Gasteiger partial charge in [0.15, 0.2) is 0 Å². The monoisotopic (exact) mass is 241 g/mol. The smallest absolute Gasteiger partial charge is 0.303 e. The molecule has 17 heavy (non-hydrogen) atoms. The molecule has 0 spiro atoms. The first-order chi connectivity index (χ1) is 8.25. The highest BCUT2D eigenvalue weighted by Crippen LogP contribution is 2.23. The summed E-state index contributed by atoms with van der Waals surface area (Å²) in [6, 6.07) is 0.462. The Hall–Kier alpha value is -0.610. The predicted molar refractivity (Wildman–Crippen MR) is 65.1 cm³/mol. The van der Waals surface area contributed by atoms with Crippen molar-refractivity contribution in [3.8, 4) is 0 Å². The van der Waals surface area contributed by atoms with Crippen molar-refractivity contribution in [3.63, 3.8) is 0 Å². The van der Waals surface area contributed by atoms with Crippen LogP contribution in [0.4, 0.5) is 0 Å². The Kier molecular flexibility index (Phi) is 4.80. The largest absolute Gasteiger partial charge is 0.481 e. The van der Waals surface area contributed by atoms with Gasteiger partial charge in [0.1, 0.15) is 0 Å². The third-order valence-electron chi connectivity index (χ3n) is 3.90. The van der Waals surface area contributed by atoms with E-state index in [0.29, 0.717) is 18.6 Å². The molecule has 2 atom stereocenters. The lowest BCUT2D eigenvalue weighted by Crippen LogP contribution is -2.43. The number of ether oxygens (including phenoxy) is 1. The highest BCUT2D eigenvalue weighted by molar-refractivity contribution is 5.66. The van der Waals surface area contributed by atoms with E-state index in [1.54, 1.807) is 0 Å². The van der Waals surface area contributed by atoms with Gasteiger partial charge >= 0.3 is 5.97 Å². The summed E-state index contributed by atoms with van der Waals surface area (Å²) < 4.78 is 5.67. The van der Waals surface area contributed by atoms with Gasteiger partial charge in [0.05, 0.1) is 6.10 Å². The Balaban J connectivity index is 1.80. The maximum Gasteiger partial charge on any atom is 0.303 e. The normalized spacial score (nSPS) is 30.6. The quantitative estimate of drug-likeness (QED) is 0.798. The number of hydrogen-bond donors (Lipinski definition) is 1. The van der Waals surface area contributed by atoms with Crippen LogP contribution in [0.1, 0.15) is 44.9 Å². The number of carboxylic acid groups (broad SMARTS) is 1. The van der Waals surface area contributed by atoms with Crippen LogP contribution in [0.2, 0.25) is 0 Å². The first kappa shape index (κ1) is 12.8. The topological polar surface area (TPSA) is 49.8 Å². The molecule has 2 saturated heterocycles. The average Bonchev–Trinajstić information content (AvgIpc) is 2.80. The van der Waals surface area contributed by atoms with E-state index in [1.165, 1.54) is 25.7 Å². The highest BCUT2D eigenvalue weighted by atomic mass is 16.5. The second-order valence-electron chi connectivity index (χ2n) is 5.21. The van der Waals surface area contributed by atoms with Gasteiger partial charge in [-0.25, -0.2) is 0 Å². The van der Waals surface area contributed by atoms with Crippen LogP contribution in [-0.2, 0) is 9.53 Å². The zero-order chi connectivity index (χ0) is 12.1. The van der Waals surface area contributed by atoms with Crippen LogP contribution in [0.15, 0.2) is 0 Å². The Morgan fingerprint density at radius 1 is 1.29 bits per heavy atom. The lowest BCUT2D eigenvalue weighted by molar-refractivity contribution is -0.137. The van der Waals surface area contributed by atoms with Gasteiger partial charge in [-0.05, 0) is 38.6 Å². The highest BCUT2D eigenvalue weighted by Gasteiger charge is 2.26. The minimum Gasteiger partial charge on any atom is -0.481 e. The summed E-state index contributed by atoms with van der Waals surface area (Å²) in [6.45, 7) is 3.02. The van der Waals surface area contributed by atoms with Crippen molar-refractivity contribution in [1.82, 2.24) is 4.90 Å². The molecule has 0 saturated carbocycles. The van der Waals surface area contributed by atoms with Gasteiger partial charge in [0.2, 0.25) is 0 Å². The molecule has 2 fully saturated rings. The molecule has 0 aromatic carbocycles. The van der Waals surface area contributed by atoms with E-state index in [9.17, 15) is 4.79 Å². The van der Waals surface area contributed by atoms with Crippen LogP contribution in [0.3, 0.4) is 0 Å². The van der Waals surface area contributed by atoms with Gasteiger partial charge in [0.25, 0.3) is 0 Å². The molecule has 1 N–H and O–H groups in total. The summed E-state index contributed by atoms with van der Waals surface area (Å²) in [5.41, 5.74) is 0. The molecule has 0 bridgehead atoms. The molecule has 98 valence electrons. The Labute approximate surface area is 103 Å². The molecule has 0 aliphatic carbocycles. The molecule has 2 aliphatic rings. The summed E-state index contributed by atoms with van der Waals surface area (Å²) in [7, 11) is 0. The number of nitrogens with zero attached hydrogens (tertiary/aromatic N) is 1. The fraction of sp³-hybridized carbons (Fsp3) is 0.923. The molecule has 0 aromatic heterocycles. The zero-order valence-corrected chi connectivity index (χ0v) is 10.4. The number of carbonyl (C=O) groups is 1. The SMILES string of the molecule is O=C(O)CCC1CCCCN1CC1CCCO1. The summed E-state index contributed by atoms with van der Waals surface area (Å²) >= 11 is 0. The van der Waals surface area contributed by atoms with Crippen molar-refractivity contribution in [2.75, 3.05) is 19.7 Å². The van der Waals surface area contributed by atoms with E-state index in [-0.39, 0.29) is 0 Å². The van der Waals surface area contributed by atoms with Gasteiger partial charge in [-0.1, -0.05) is 6.42 Å². The molecule has 2 rings (SSSR count). The summed E-state index contributed by atoms with van der Waals surface area (Å²) in [6.07, 6.45) is 7.47. The van der Waals surface area contributed by atoms with E-state index in [1.807, 2.05) is 0 Å². The van der Waals surface area contributed by atoms with E-state index in [4.69, 9.17) is 9.84 Å². The van der Waals surface area contributed by atoms with Crippen LogP contribution in [0.25, 0.3) is 0 Å². The molecule has 2 unspecified atom stereocenters. The van der Waals surface area contributed by atoms with Crippen molar-refractivity contribution >= 4 is 5.97 Å². The second kappa shape index (κ2) is 6.36. The molecular formula is C13H23NO3. The first-order valence-electron chi connectivity index (χ1n) is 6.83.